The van der Waals surface area contributed by atoms with Crippen LogP contribution < -0.4 is 14.9 Å². The molecule has 1 fully saturated rings. The average Bonchev–Trinajstić information content (AvgIpc) is 3.44. The van der Waals surface area contributed by atoms with E-state index in [1.54, 1.807) is 42.5 Å². The summed E-state index contributed by atoms with van der Waals surface area (Å²) in [6, 6.07) is 20.4. The average molecular weight is 546 g/mol. The van der Waals surface area contributed by atoms with Crippen molar-refractivity contribution >= 4 is 26.7 Å². The number of ether oxygens (including phenoxy) is 2. The summed E-state index contributed by atoms with van der Waals surface area (Å²) >= 11 is 0. The van der Waals surface area contributed by atoms with Crippen molar-refractivity contribution in [3.05, 3.63) is 105 Å². The maximum absolute atomic E-state index is 13.8. The molecule has 200 valence electrons. The Balaban J connectivity index is 1.46. The van der Waals surface area contributed by atoms with Crippen LogP contribution in [0.2, 0.25) is 0 Å². The zero-order valence-corrected chi connectivity index (χ0v) is 22.1. The number of hydrogen-bond donors (Lipinski definition) is 0. The minimum atomic E-state index is -3.30. The lowest BCUT2D eigenvalue weighted by atomic mass is 9.97. The molecule has 2 aliphatic heterocycles. The Hall–Kier alpha value is -4.11. The molecule has 8 nitrogen and oxygen atoms in total. The van der Waals surface area contributed by atoms with E-state index < -0.39 is 27.8 Å². The van der Waals surface area contributed by atoms with Crippen molar-refractivity contribution in [3.63, 3.8) is 0 Å². The SMILES string of the molecule is CCOc1cc(C2c3c(oc4ccccc4c3=O)C(=O)N2C2CCS(=O)(=O)C2)ccc1OCc1ccccc1. The van der Waals surface area contributed by atoms with Gasteiger partial charge in [-0.2, -0.15) is 0 Å². The van der Waals surface area contributed by atoms with Gasteiger partial charge in [-0.05, 0) is 48.7 Å². The van der Waals surface area contributed by atoms with Crippen LogP contribution in [0, 0.1) is 0 Å². The summed E-state index contributed by atoms with van der Waals surface area (Å²) in [5.74, 6) is 0.293. The van der Waals surface area contributed by atoms with E-state index in [0.717, 1.165) is 5.56 Å². The molecule has 0 N–H and O–H groups in total. The number of benzene rings is 3. The fourth-order valence-corrected chi connectivity index (χ4v) is 7.16. The van der Waals surface area contributed by atoms with Crippen LogP contribution >= 0.6 is 0 Å². The number of rotatable bonds is 7. The predicted octanol–water partition coefficient (Wildman–Crippen LogP) is 4.50. The van der Waals surface area contributed by atoms with Gasteiger partial charge >= 0.3 is 0 Å². The Labute approximate surface area is 225 Å². The number of nitrogens with zero attached hydrogens (tertiary/aromatic N) is 1. The molecule has 1 amide bonds. The Morgan fingerprint density at radius 1 is 0.949 bits per heavy atom. The molecule has 39 heavy (non-hydrogen) atoms. The predicted molar refractivity (Wildman–Crippen MR) is 146 cm³/mol. The largest absolute Gasteiger partial charge is 0.490 e. The molecule has 0 spiro atoms. The van der Waals surface area contributed by atoms with Crippen molar-refractivity contribution < 1.29 is 27.1 Å². The fraction of sp³-hybridized carbons (Fsp3) is 0.267. The third kappa shape index (κ3) is 4.57. The minimum Gasteiger partial charge on any atom is -0.490 e. The molecule has 1 saturated heterocycles. The Morgan fingerprint density at radius 3 is 2.46 bits per heavy atom. The molecule has 1 aromatic heterocycles. The molecule has 0 aliphatic carbocycles. The molecule has 0 saturated carbocycles. The molecule has 4 aromatic rings. The summed E-state index contributed by atoms with van der Waals surface area (Å²) < 4.78 is 42.7. The summed E-state index contributed by atoms with van der Waals surface area (Å²) in [7, 11) is -3.30. The van der Waals surface area contributed by atoms with Gasteiger partial charge in [-0.25, -0.2) is 8.42 Å². The molecule has 2 aliphatic rings. The summed E-state index contributed by atoms with van der Waals surface area (Å²) in [4.78, 5) is 29.0. The molecular formula is C30H27NO7S. The van der Waals surface area contributed by atoms with Crippen LogP contribution in [0.5, 0.6) is 11.5 Å². The second-order valence-corrected chi connectivity index (χ2v) is 12.0. The molecule has 9 heteroatoms. The Morgan fingerprint density at radius 2 is 1.72 bits per heavy atom. The van der Waals surface area contributed by atoms with Crippen LogP contribution in [0.25, 0.3) is 11.0 Å². The highest BCUT2D eigenvalue weighted by Gasteiger charge is 2.48. The molecular weight excluding hydrogens is 518 g/mol. The first kappa shape index (κ1) is 25.2. The molecule has 6 rings (SSSR count). The van der Waals surface area contributed by atoms with Gasteiger partial charge in [0.25, 0.3) is 5.91 Å². The van der Waals surface area contributed by atoms with Gasteiger partial charge in [0, 0.05) is 6.04 Å². The van der Waals surface area contributed by atoms with E-state index in [9.17, 15) is 18.0 Å². The van der Waals surface area contributed by atoms with Crippen molar-refractivity contribution in [2.24, 2.45) is 0 Å². The van der Waals surface area contributed by atoms with Crippen LogP contribution in [0.1, 0.15) is 46.6 Å². The van der Waals surface area contributed by atoms with E-state index in [-0.39, 0.29) is 28.3 Å². The maximum Gasteiger partial charge on any atom is 0.291 e. The number of fused-ring (bicyclic) bond motifs is 2. The standard InChI is InChI=1S/C30H27NO7S/c1-2-36-25-16-20(12-13-24(25)37-17-19-8-4-3-5-9-19)27-26-28(32)22-10-6-7-11-23(22)38-29(26)30(33)31(27)21-14-15-39(34,35)18-21/h3-13,16,21,27H,2,14-15,17-18H2,1H3. The van der Waals surface area contributed by atoms with Crippen molar-refractivity contribution in [2.75, 3.05) is 18.1 Å². The summed E-state index contributed by atoms with van der Waals surface area (Å²) in [5.41, 5.74) is 1.83. The van der Waals surface area contributed by atoms with E-state index in [4.69, 9.17) is 13.9 Å². The number of amides is 1. The van der Waals surface area contributed by atoms with E-state index in [2.05, 4.69) is 0 Å². The number of carbonyl (C=O) groups excluding carboxylic acids is 1. The number of carbonyl (C=O) groups is 1. The van der Waals surface area contributed by atoms with E-state index in [0.29, 0.717) is 47.7 Å². The fourth-order valence-electron chi connectivity index (χ4n) is 5.45. The van der Waals surface area contributed by atoms with Crippen molar-refractivity contribution in [2.45, 2.75) is 32.0 Å². The lowest BCUT2D eigenvalue weighted by Gasteiger charge is -2.30. The number of sulfone groups is 1. The molecule has 2 atom stereocenters. The summed E-state index contributed by atoms with van der Waals surface area (Å²) in [6.07, 6.45) is 0.295. The number of hydrogen-bond acceptors (Lipinski definition) is 7. The van der Waals surface area contributed by atoms with Gasteiger partial charge in [-0.3, -0.25) is 9.59 Å². The first-order valence-corrected chi connectivity index (χ1v) is 14.7. The summed E-state index contributed by atoms with van der Waals surface area (Å²) in [5, 5.41) is 0.364. The minimum absolute atomic E-state index is 0.00960. The lowest BCUT2D eigenvalue weighted by Crippen LogP contribution is -2.40. The number of para-hydroxylation sites is 1. The van der Waals surface area contributed by atoms with Gasteiger partial charge in [0.05, 0.1) is 35.1 Å². The topological polar surface area (TPSA) is 103 Å². The second kappa shape index (κ2) is 9.89. The van der Waals surface area contributed by atoms with Gasteiger partial charge in [0.15, 0.2) is 26.8 Å². The van der Waals surface area contributed by atoms with Crippen LogP contribution in [0.4, 0.5) is 0 Å². The van der Waals surface area contributed by atoms with Crippen LogP contribution in [0.3, 0.4) is 0 Å². The normalized spacial score (nSPS) is 19.8. The van der Waals surface area contributed by atoms with E-state index in [1.165, 1.54) is 4.90 Å². The van der Waals surface area contributed by atoms with Crippen molar-refractivity contribution in [3.8, 4) is 11.5 Å². The Bertz CT molecular complexity index is 1730. The third-order valence-electron chi connectivity index (χ3n) is 7.24. The Kier molecular flexibility index (Phi) is 6.38. The van der Waals surface area contributed by atoms with Crippen LogP contribution in [-0.4, -0.2) is 43.4 Å². The monoisotopic (exact) mass is 545 g/mol. The summed E-state index contributed by atoms with van der Waals surface area (Å²) in [6.45, 7) is 2.58. The first-order valence-electron chi connectivity index (χ1n) is 12.9. The van der Waals surface area contributed by atoms with Gasteiger partial charge in [0.2, 0.25) is 5.76 Å². The van der Waals surface area contributed by atoms with Gasteiger partial charge in [-0.15, -0.1) is 0 Å². The molecule has 3 aromatic carbocycles. The lowest BCUT2D eigenvalue weighted by molar-refractivity contribution is 0.0662. The van der Waals surface area contributed by atoms with Crippen molar-refractivity contribution in [1.29, 1.82) is 0 Å². The molecule has 0 radical (unpaired) electrons. The molecule has 0 bridgehead atoms. The quantitative estimate of drug-likeness (QED) is 0.337. The second-order valence-electron chi connectivity index (χ2n) is 9.76. The zero-order valence-electron chi connectivity index (χ0n) is 21.3. The maximum atomic E-state index is 13.8. The van der Waals surface area contributed by atoms with Gasteiger partial charge in [-0.1, -0.05) is 48.5 Å². The van der Waals surface area contributed by atoms with Crippen molar-refractivity contribution in [1.82, 2.24) is 4.90 Å². The first-order chi connectivity index (χ1) is 18.9. The molecule has 3 heterocycles. The van der Waals surface area contributed by atoms with Crippen LogP contribution in [-0.2, 0) is 16.4 Å². The van der Waals surface area contributed by atoms with Gasteiger partial charge in [0.1, 0.15) is 12.2 Å². The highest BCUT2D eigenvalue weighted by molar-refractivity contribution is 7.91. The zero-order chi connectivity index (χ0) is 27.1. The molecule has 2 unspecified atom stereocenters. The third-order valence-corrected chi connectivity index (χ3v) is 8.99. The van der Waals surface area contributed by atoms with Gasteiger partial charge < -0.3 is 18.8 Å². The smallest absolute Gasteiger partial charge is 0.291 e. The van der Waals surface area contributed by atoms with Crippen LogP contribution in [0.15, 0.2) is 82.0 Å². The highest BCUT2D eigenvalue weighted by Crippen LogP contribution is 2.43. The van der Waals surface area contributed by atoms with E-state index in [1.807, 2.05) is 37.3 Å². The van der Waals surface area contributed by atoms with E-state index >= 15 is 0 Å². The highest BCUT2D eigenvalue weighted by atomic mass is 32.2.